The van der Waals surface area contributed by atoms with Gasteiger partial charge >= 0.3 is 6.03 Å². The molecule has 3 rings (SSSR count). The van der Waals surface area contributed by atoms with Crippen LogP contribution in [0.2, 0.25) is 0 Å². The summed E-state index contributed by atoms with van der Waals surface area (Å²) in [5, 5.41) is 5.13. The number of anilines is 2. The number of hydrogen-bond acceptors (Lipinski definition) is 4. The van der Waals surface area contributed by atoms with E-state index >= 15 is 0 Å². The average molecular weight is 380 g/mol. The average Bonchev–Trinajstić information content (AvgIpc) is 2.66. The Morgan fingerprint density at radius 1 is 0.893 bits per heavy atom. The van der Waals surface area contributed by atoms with Gasteiger partial charge in [0.05, 0.1) is 6.54 Å². The summed E-state index contributed by atoms with van der Waals surface area (Å²) >= 11 is 0. The maximum atomic E-state index is 12.2. The van der Waals surface area contributed by atoms with Gasteiger partial charge in [0.2, 0.25) is 5.91 Å². The molecule has 0 saturated carbocycles. The second-order valence-electron chi connectivity index (χ2n) is 7.35. The minimum atomic E-state index is -0.494. The topological polar surface area (TPSA) is 64.7 Å². The largest absolute Gasteiger partial charge is 0.369 e. The number of amides is 3. The zero-order valence-corrected chi connectivity index (χ0v) is 16.8. The maximum Gasteiger partial charge on any atom is 0.325 e. The highest BCUT2D eigenvalue weighted by Gasteiger charge is 2.20. The number of nitrogens with zero attached hydrogens (tertiary/aromatic N) is 2. The molecule has 3 amide bonds. The standard InChI is InChI=1S/C22H28N4O2/c1-16-8-9-19(14-18(16)3)23-22(28)24-21(27)15-25-10-12-26(13-11-25)20-7-5-4-6-17(20)2/h4-9,14H,10-13,15H2,1-3H3,(H2,23,24,27,28). The number of carbonyl (C=O) groups excluding carboxylic acids is 2. The first kappa shape index (κ1) is 19.9. The summed E-state index contributed by atoms with van der Waals surface area (Å²) in [7, 11) is 0. The van der Waals surface area contributed by atoms with E-state index in [4.69, 9.17) is 0 Å². The lowest BCUT2D eigenvalue weighted by molar-refractivity contribution is -0.121. The van der Waals surface area contributed by atoms with Crippen LogP contribution < -0.4 is 15.5 Å². The third-order valence-corrected chi connectivity index (χ3v) is 5.21. The van der Waals surface area contributed by atoms with Crippen molar-refractivity contribution in [3.8, 4) is 0 Å². The van der Waals surface area contributed by atoms with Gasteiger partial charge in [-0.1, -0.05) is 24.3 Å². The second-order valence-corrected chi connectivity index (χ2v) is 7.35. The van der Waals surface area contributed by atoms with Crippen LogP contribution in [-0.2, 0) is 4.79 Å². The van der Waals surface area contributed by atoms with Crippen LogP contribution >= 0.6 is 0 Å². The molecule has 1 aliphatic rings. The normalized spacial score (nSPS) is 14.6. The van der Waals surface area contributed by atoms with E-state index in [2.05, 4.69) is 45.6 Å². The molecule has 6 heteroatoms. The molecule has 0 aromatic heterocycles. The summed E-state index contributed by atoms with van der Waals surface area (Å²) in [6.45, 7) is 9.66. The van der Waals surface area contributed by atoms with E-state index < -0.39 is 6.03 Å². The number of benzene rings is 2. The number of para-hydroxylation sites is 1. The molecular formula is C22H28N4O2. The number of nitrogens with one attached hydrogen (secondary N) is 2. The summed E-state index contributed by atoms with van der Waals surface area (Å²) in [6, 6.07) is 13.5. The first-order chi connectivity index (χ1) is 13.4. The Bertz CT molecular complexity index is 857. The van der Waals surface area contributed by atoms with Crippen LogP contribution in [0.3, 0.4) is 0 Å². The van der Waals surface area contributed by atoms with Gasteiger partial charge in [0.25, 0.3) is 0 Å². The third-order valence-electron chi connectivity index (χ3n) is 5.21. The van der Waals surface area contributed by atoms with Gasteiger partial charge in [-0.2, -0.15) is 0 Å². The monoisotopic (exact) mass is 380 g/mol. The minimum Gasteiger partial charge on any atom is -0.369 e. The quantitative estimate of drug-likeness (QED) is 0.856. The fourth-order valence-corrected chi connectivity index (χ4v) is 3.42. The Labute approximate surface area is 166 Å². The first-order valence-electron chi connectivity index (χ1n) is 9.63. The van der Waals surface area contributed by atoms with Gasteiger partial charge in [-0.15, -0.1) is 0 Å². The highest BCUT2D eigenvalue weighted by atomic mass is 16.2. The van der Waals surface area contributed by atoms with Crippen molar-refractivity contribution < 1.29 is 9.59 Å². The fourth-order valence-electron chi connectivity index (χ4n) is 3.42. The highest BCUT2D eigenvalue weighted by molar-refractivity contribution is 6.01. The van der Waals surface area contributed by atoms with Crippen molar-refractivity contribution >= 4 is 23.3 Å². The smallest absolute Gasteiger partial charge is 0.325 e. The van der Waals surface area contributed by atoms with Crippen LogP contribution in [0.1, 0.15) is 16.7 Å². The molecular weight excluding hydrogens is 352 g/mol. The lowest BCUT2D eigenvalue weighted by Crippen LogP contribution is -2.50. The summed E-state index contributed by atoms with van der Waals surface area (Å²) in [5.74, 6) is -0.286. The predicted molar refractivity (Wildman–Crippen MR) is 113 cm³/mol. The van der Waals surface area contributed by atoms with Gasteiger partial charge in [-0.25, -0.2) is 4.79 Å². The molecule has 1 heterocycles. The number of rotatable bonds is 4. The number of piperazine rings is 1. The molecule has 2 aromatic carbocycles. The third kappa shape index (κ3) is 5.10. The Balaban J connectivity index is 1.44. The molecule has 0 radical (unpaired) electrons. The van der Waals surface area contributed by atoms with E-state index in [9.17, 15) is 9.59 Å². The molecule has 1 aliphatic heterocycles. The van der Waals surface area contributed by atoms with Crippen molar-refractivity contribution in [3.63, 3.8) is 0 Å². The molecule has 1 saturated heterocycles. The van der Waals surface area contributed by atoms with Crippen molar-refractivity contribution in [2.75, 3.05) is 42.9 Å². The highest BCUT2D eigenvalue weighted by Crippen LogP contribution is 2.20. The van der Waals surface area contributed by atoms with Crippen molar-refractivity contribution in [2.24, 2.45) is 0 Å². The van der Waals surface area contributed by atoms with E-state index in [0.717, 1.165) is 37.3 Å². The molecule has 0 bridgehead atoms. The van der Waals surface area contributed by atoms with E-state index in [1.165, 1.54) is 11.3 Å². The van der Waals surface area contributed by atoms with Gasteiger partial charge in [0.15, 0.2) is 0 Å². The molecule has 148 valence electrons. The molecule has 0 spiro atoms. The maximum absolute atomic E-state index is 12.2. The summed E-state index contributed by atoms with van der Waals surface area (Å²) in [5.41, 5.74) is 5.44. The van der Waals surface area contributed by atoms with Crippen molar-refractivity contribution in [1.29, 1.82) is 0 Å². The predicted octanol–water partition coefficient (Wildman–Crippen LogP) is 3.08. The number of imide groups is 1. The van der Waals surface area contributed by atoms with E-state index in [1.807, 2.05) is 38.1 Å². The van der Waals surface area contributed by atoms with Gasteiger partial charge in [-0.05, 0) is 55.7 Å². The minimum absolute atomic E-state index is 0.224. The molecule has 0 aliphatic carbocycles. The molecule has 0 atom stereocenters. The lowest BCUT2D eigenvalue weighted by Gasteiger charge is -2.36. The van der Waals surface area contributed by atoms with Crippen molar-refractivity contribution in [2.45, 2.75) is 20.8 Å². The van der Waals surface area contributed by atoms with Gasteiger partial charge in [-0.3, -0.25) is 15.0 Å². The fraction of sp³-hybridized carbons (Fsp3) is 0.364. The molecule has 1 fully saturated rings. The molecule has 2 N–H and O–H groups in total. The Morgan fingerprint density at radius 2 is 1.61 bits per heavy atom. The van der Waals surface area contributed by atoms with Gasteiger partial charge in [0.1, 0.15) is 0 Å². The van der Waals surface area contributed by atoms with Crippen LogP contribution in [0.5, 0.6) is 0 Å². The van der Waals surface area contributed by atoms with Crippen LogP contribution in [0.15, 0.2) is 42.5 Å². The van der Waals surface area contributed by atoms with Crippen LogP contribution in [0.25, 0.3) is 0 Å². The zero-order chi connectivity index (χ0) is 20.1. The lowest BCUT2D eigenvalue weighted by atomic mass is 10.1. The van der Waals surface area contributed by atoms with Gasteiger partial charge < -0.3 is 10.2 Å². The second kappa shape index (κ2) is 8.89. The summed E-state index contributed by atoms with van der Waals surface area (Å²) < 4.78 is 0. The van der Waals surface area contributed by atoms with Crippen LogP contribution in [0, 0.1) is 20.8 Å². The molecule has 2 aromatic rings. The first-order valence-corrected chi connectivity index (χ1v) is 9.63. The number of hydrogen-bond donors (Lipinski definition) is 2. The SMILES string of the molecule is Cc1ccc(NC(=O)NC(=O)CN2CCN(c3ccccc3C)CC2)cc1C. The van der Waals surface area contributed by atoms with Crippen LogP contribution in [0.4, 0.5) is 16.2 Å². The van der Waals surface area contributed by atoms with E-state index in [1.54, 1.807) is 0 Å². The summed E-state index contributed by atoms with van der Waals surface area (Å²) in [6.07, 6.45) is 0. The number of carbonyl (C=O) groups is 2. The molecule has 28 heavy (non-hydrogen) atoms. The Morgan fingerprint density at radius 3 is 2.29 bits per heavy atom. The van der Waals surface area contributed by atoms with E-state index in [0.29, 0.717) is 5.69 Å². The number of urea groups is 1. The summed E-state index contributed by atoms with van der Waals surface area (Å²) in [4.78, 5) is 28.7. The number of aryl methyl sites for hydroxylation is 3. The van der Waals surface area contributed by atoms with Gasteiger partial charge in [0, 0.05) is 37.6 Å². The van der Waals surface area contributed by atoms with Crippen molar-refractivity contribution in [3.05, 3.63) is 59.2 Å². The van der Waals surface area contributed by atoms with Crippen LogP contribution in [-0.4, -0.2) is 49.6 Å². The zero-order valence-electron chi connectivity index (χ0n) is 16.8. The molecule has 6 nitrogen and oxygen atoms in total. The Kier molecular flexibility index (Phi) is 6.31. The van der Waals surface area contributed by atoms with Crippen molar-refractivity contribution in [1.82, 2.24) is 10.2 Å². The Hall–Kier alpha value is -2.86. The molecule has 0 unspecified atom stereocenters. The van der Waals surface area contributed by atoms with E-state index in [-0.39, 0.29) is 12.5 Å².